The van der Waals surface area contributed by atoms with Gasteiger partial charge in [-0.2, -0.15) is 0 Å². The Kier molecular flexibility index (Phi) is 4.17. The second-order valence-corrected chi connectivity index (χ2v) is 6.22. The maximum atomic E-state index is 12.5. The zero-order valence-electron chi connectivity index (χ0n) is 12.7. The summed E-state index contributed by atoms with van der Waals surface area (Å²) in [6.07, 6.45) is 5.46. The number of nitrogens with one attached hydrogen (secondary N) is 2. The molecule has 0 aromatic carbocycles. The smallest absolute Gasteiger partial charge is 0.274 e. The fraction of sp³-hybridized carbons (Fsp3) is 0.667. The summed E-state index contributed by atoms with van der Waals surface area (Å²) in [5.74, 6) is 1.11. The number of likely N-dealkylation sites (tertiary alicyclic amines) is 1. The summed E-state index contributed by atoms with van der Waals surface area (Å²) in [5.41, 5.74) is 7.87. The maximum Gasteiger partial charge on any atom is 0.274 e. The Balaban J connectivity index is 1.68. The molecule has 3 atom stereocenters. The minimum Gasteiger partial charge on any atom is -0.337 e. The van der Waals surface area contributed by atoms with Gasteiger partial charge in [0.2, 0.25) is 0 Å². The van der Waals surface area contributed by atoms with Crippen LogP contribution in [0.15, 0.2) is 12.4 Å². The van der Waals surface area contributed by atoms with Gasteiger partial charge in [-0.1, -0.05) is 6.92 Å². The summed E-state index contributed by atoms with van der Waals surface area (Å²) in [6.45, 7) is 6.75. The van der Waals surface area contributed by atoms with E-state index in [4.69, 9.17) is 0 Å². The van der Waals surface area contributed by atoms with Gasteiger partial charge in [-0.3, -0.25) is 20.6 Å². The molecular weight excluding hydrogens is 266 g/mol. The van der Waals surface area contributed by atoms with Crippen LogP contribution >= 0.6 is 0 Å². The van der Waals surface area contributed by atoms with Crippen LogP contribution in [0.25, 0.3) is 0 Å². The molecule has 1 aromatic heterocycles. The average Bonchev–Trinajstić information content (AvgIpc) is 2.94. The molecule has 0 aliphatic carbocycles. The van der Waals surface area contributed by atoms with E-state index in [-0.39, 0.29) is 5.91 Å². The molecule has 3 rings (SSSR count). The largest absolute Gasteiger partial charge is 0.337 e. The van der Waals surface area contributed by atoms with E-state index >= 15 is 0 Å². The van der Waals surface area contributed by atoms with Gasteiger partial charge in [0.05, 0.1) is 11.9 Å². The van der Waals surface area contributed by atoms with E-state index in [0.29, 0.717) is 23.6 Å². The van der Waals surface area contributed by atoms with Crippen molar-refractivity contribution in [3.05, 3.63) is 23.8 Å². The van der Waals surface area contributed by atoms with E-state index in [0.717, 1.165) is 31.7 Å². The Labute approximate surface area is 125 Å². The second-order valence-electron chi connectivity index (χ2n) is 6.22. The highest BCUT2D eigenvalue weighted by atomic mass is 16.2. The van der Waals surface area contributed by atoms with Gasteiger partial charge in [-0.15, -0.1) is 0 Å². The van der Waals surface area contributed by atoms with Crippen LogP contribution in [0.3, 0.4) is 0 Å². The maximum absolute atomic E-state index is 12.5. The summed E-state index contributed by atoms with van der Waals surface area (Å²) in [4.78, 5) is 22.9. The van der Waals surface area contributed by atoms with Crippen molar-refractivity contribution in [1.82, 2.24) is 25.7 Å². The van der Waals surface area contributed by atoms with Crippen LogP contribution in [-0.2, 0) is 0 Å². The number of aromatic nitrogens is 2. The van der Waals surface area contributed by atoms with E-state index in [1.807, 2.05) is 11.8 Å². The molecule has 1 amide bonds. The Morgan fingerprint density at radius 1 is 1.38 bits per heavy atom. The van der Waals surface area contributed by atoms with Crippen LogP contribution in [0.1, 0.15) is 35.9 Å². The Bertz CT molecular complexity index is 503. The Hall–Kier alpha value is -1.53. The van der Waals surface area contributed by atoms with Gasteiger partial charge in [0.25, 0.3) is 5.91 Å². The Morgan fingerprint density at radius 3 is 2.90 bits per heavy atom. The topological polar surface area (TPSA) is 70.2 Å². The van der Waals surface area contributed by atoms with Crippen molar-refractivity contribution < 1.29 is 4.79 Å². The number of rotatable bonds is 2. The van der Waals surface area contributed by atoms with Crippen LogP contribution < -0.4 is 10.9 Å². The van der Waals surface area contributed by atoms with Crippen molar-refractivity contribution in [2.75, 3.05) is 19.6 Å². The summed E-state index contributed by atoms with van der Waals surface area (Å²) in [6, 6.07) is 0.449. The number of aryl methyl sites for hydroxylation is 1. The molecule has 6 heteroatoms. The van der Waals surface area contributed by atoms with Gasteiger partial charge >= 0.3 is 0 Å². The molecule has 21 heavy (non-hydrogen) atoms. The van der Waals surface area contributed by atoms with Crippen LogP contribution in [0.4, 0.5) is 0 Å². The number of carbonyl (C=O) groups is 1. The fourth-order valence-corrected chi connectivity index (χ4v) is 3.34. The van der Waals surface area contributed by atoms with E-state index in [1.165, 1.54) is 6.42 Å². The standard InChI is InChI=1S/C15H23N5O/c1-10-6-18-19-14(10)12-4-3-5-20(9-12)15(21)13-8-16-11(2)7-17-13/h7-8,10,12,14,18-19H,3-6,9H2,1-2H3. The molecule has 0 radical (unpaired) electrons. The molecule has 2 aliphatic rings. The summed E-state index contributed by atoms with van der Waals surface area (Å²) >= 11 is 0. The molecule has 6 nitrogen and oxygen atoms in total. The van der Waals surface area contributed by atoms with Crippen LogP contribution in [0.2, 0.25) is 0 Å². The zero-order valence-corrected chi connectivity index (χ0v) is 12.7. The molecule has 2 saturated heterocycles. The number of amides is 1. The SMILES string of the molecule is Cc1cnc(C(=O)N2CCCC(C3NNCC3C)C2)cn1. The monoisotopic (exact) mass is 289 g/mol. The van der Waals surface area contributed by atoms with Crippen LogP contribution in [0.5, 0.6) is 0 Å². The van der Waals surface area contributed by atoms with Crippen molar-refractivity contribution in [3.63, 3.8) is 0 Å². The first-order valence-corrected chi connectivity index (χ1v) is 7.71. The molecule has 2 N–H and O–H groups in total. The highest BCUT2D eigenvalue weighted by molar-refractivity contribution is 5.92. The number of hydrogen-bond acceptors (Lipinski definition) is 5. The van der Waals surface area contributed by atoms with E-state index < -0.39 is 0 Å². The van der Waals surface area contributed by atoms with Crippen molar-refractivity contribution in [2.24, 2.45) is 11.8 Å². The first kappa shape index (κ1) is 14.4. The third kappa shape index (κ3) is 3.06. The van der Waals surface area contributed by atoms with Gasteiger partial charge in [-0.05, 0) is 31.6 Å². The number of carbonyl (C=O) groups excluding carboxylic acids is 1. The van der Waals surface area contributed by atoms with E-state index in [9.17, 15) is 4.79 Å². The third-order valence-corrected chi connectivity index (χ3v) is 4.56. The molecule has 0 saturated carbocycles. The minimum atomic E-state index is 0.00538. The van der Waals surface area contributed by atoms with Gasteiger partial charge < -0.3 is 4.90 Å². The highest BCUT2D eigenvalue weighted by Gasteiger charge is 2.35. The van der Waals surface area contributed by atoms with Crippen LogP contribution in [-0.4, -0.2) is 46.5 Å². The molecule has 3 heterocycles. The van der Waals surface area contributed by atoms with Crippen molar-refractivity contribution >= 4 is 5.91 Å². The lowest BCUT2D eigenvalue weighted by Gasteiger charge is -2.36. The van der Waals surface area contributed by atoms with Crippen molar-refractivity contribution in [3.8, 4) is 0 Å². The third-order valence-electron chi connectivity index (χ3n) is 4.56. The summed E-state index contributed by atoms with van der Waals surface area (Å²) in [7, 11) is 0. The predicted octanol–water partition coefficient (Wildman–Crippen LogP) is 0.750. The lowest BCUT2D eigenvalue weighted by Crippen LogP contribution is -2.48. The molecule has 0 spiro atoms. The fourth-order valence-electron chi connectivity index (χ4n) is 3.34. The van der Waals surface area contributed by atoms with Gasteiger partial charge in [0.15, 0.2) is 0 Å². The molecule has 3 unspecified atom stereocenters. The first-order chi connectivity index (χ1) is 10.1. The van der Waals surface area contributed by atoms with E-state index in [1.54, 1.807) is 12.4 Å². The minimum absolute atomic E-state index is 0.00538. The molecule has 1 aromatic rings. The van der Waals surface area contributed by atoms with Gasteiger partial charge in [0.1, 0.15) is 5.69 Å². The normalized spacial score (nSPS) is 29.6. The second kappa shape index (κ2) is 6.07. The summed E-state index contributed by atoms with van der Waals surface area (Å²) in [5, 5.41) is 0. The lowest BCUT2D eigenvalue weighted by molar-refractivity contribution is 0.0631. The molecule has 0 bridgehead atoms. The van der Waals surface area contributed by atoms with Crippen molar-refractivity contribution in [2.45, 2.75) is 32.7 Å². The number of nitrogens with zero attached hydrogens (tertiary/aromatic N) is 3. The molecule has 2 aliphatic heterocycles. The number of piperidine rings is 1. The molecular formula is C15H23N5O. The molecule has 2 fully saturated rings. The van der Waals surface area contributed by atoms with E-state index in [2.05, 4.69) is 27.7 Å². The van der Waals surface area contributed by atoms with Gasteiger partial charge in [-0.25, -0.2) is 4.98 Å². The zero-order chi connectivity index (χ0) is 14.8. The average molecular weight is 289 g/mol. The predicted molar refractivity (Wildman–Crippen MR) is 79.5 cm³/mol. The van der Waals surface area contributed by atoms with Crippen molar-refractivity contribution in [1.29, 1.82) is 0 Å². The van der Waals surface area contributed by atoms with Gasteiger partial charge in [0, 0.05) is 31.9 Å². The molecule has 114 valence electrons. The highest BCUT2D eigenvalue weighted by Crippen LogP contribution is 2.26. The summed E-state index contributed by atoms with van der Waals surface area (Å²) < 4.78 is 0. The Morgan fingerprint density at radius 2 is 2.24 bits per heavy atom. The quantitative estimate of drug-likeness (QED) is 0.841. The first-order valence-electron chi connectivity index (χ1n) is 7.71. The number of hydrazine groups is 1. The number of hydrogen-bond donors (Lipinski definition) is 2. The van der Waals surface area contributed by atoms with Crippen LogP contribution in [0, 0.1) is 18.8 Å². The lowest BCUT2D eigenvalue weighted by atomic mass is 9.85.